The van der Waals surface area contributed by atoms with Crippen molar-refractivity contribution in [3.05, 3.63) is 71.8 Å². The molecule has 5 heteroatoms. The van der Waals surface area contributed by atoms with Gasteiger partial charge in [-0.2, -0.15) is 9.59 Å². The fraction of sp³-hybridized carbons (Fsp3) is 0.0556. The summed E-state index contributed by atoms with van der Waals surface area (Å²) in [5.41, 5.74) is 3.07. The molecule has 2 aromatic rings. The normalized spacial score (nSPS) is 11.2. The average Bonchev–Trinajstić information content (AvgIpc) is 3.00. The van der Waals surface area contributed by atoms with E-state index in [0.717, 1.165) is 11.1 Å². The first kappa shape index (κ1) is 16.1. The summed E-state index contributed by atoms with van der Waals surface area (Å²) in [6, 6.07) is 16.6. The van der Waals surface area contributed by atoms with Crippen LogP contribution in [0, 0.1) is 0 Å². The third-order valence-electron chi connectivity index (χ3n) is 3.32. The number of Topliss-reactive ketones (excluding diaryl/α,β-unsaturated/α-hetero) is 1. The van der Waals surface area contributed by atoms with Gasteiger partial charge >= 0.3 is 6.15 Å². The van der Waals surface area contributed by atoms with Crippen molar-refractivity contribution in [2.75, 3.05) is 5.32 Å². The van der Waals surface area contributed by atoms with Crippen LogP contribution >= 0.6 is 0 Å². The molecule has 1 amide bonds. The van der Waals surface area contributed by atoms with Gasteiger partial charge < -0.3 is 5.32 Å². The number of anilines is 1. The number of carbonyl (C=O) groups excluding carboxylic acids is 4. The molecule has 1 aliphatic rings. The van der Waals surface area contributed by atoms with E-state index in [1.807, 2.05) is 48.5 Å². The number of amides is 1. The number of allylic oxidation sites excluding steroid dienone is 1. The van der Waals surface area contributed by atoms with Gasteiger partial charge in [0.05, 0.1) is 0 Å². The van der Waals surface area contributed by atoms with Gasteiger partial charge in [-0.3, -0.25) is 9.59 Å². The van der Waals surface area contributed by atoms with Crippen molar-refractivity contribution in [2.24, 2.45) is 0 Å². The van der Waals surface area contributed by atoms with Crippen molar-refractivity contribution in [1.29, 1.82) is 0 Å². The zero-order valence-corrected chi connectivity index (χ0v) is 12.1. The molecule has 0 fully saturated rings. The predicted octanol–water partition coefficient (Wildman–Crippen LogP) is 2.25. The molecule has 0 aliphatic heterocycles. The molecular weight excluding hydrogens is 294 g/mol. The van der Waals surface area contributed by atoms with E-state index in [2.05, 4.69) is 5.32 Å². The third-order valence-corrected chi connectivity index (χ3v) is 3.32. The van der Waals surface area contributed by atoms with Crippen LogP contribution in [0.25, 0.3) is 5.57 Å². The van der Waals surface area contributed by atoms with E-state index in [4.69, 9.17) is 9.59 Å². The van der Waals surface area contributed by atoms with Crippen LogP contribution in [0.3, 0.4) is 0 Å². The second-order valence-corrected chi connectivity index (χ2v) is 4.71. The lowest BCUT2D eigenvalue weighted by atomic mass is 10.0. The molecule has 2 aromatic carbocycles. The number of para-hydroxylation sites is 1. The number of hydrogen-bond acceptors (Lipinski definition) is 4. The van der Waals surface area contributed by atoms with Gasteiger partial charge in [0.1, 0.15) is 0 Å². The Morgan fingerprint density at radius 1 is 0.913 bits per heavy atom. The molecule has 0 radical (unpaired) electrons. The minimum atomic E-state index is -0.598. The number of rotatable bonds is 3. The topological polar surface area (TPSA) is 80.3 Å². The number of benzene rings is 2. The maximum atomic E-state index is 12.2. The summed E-state index contributed by atoms with van der Waals surface area (Å²) >= 11 is 0. The van der Waals surface area contributed by atoms with E-state index in [1.165, 1.54) is 0 Å². The summed E-state index contributed by atoms with van der Waals surface area (Å²) in [6.45, 7) is 0. The molecule has 3 rings (SSSR count). The SMILES string of the molecule is O=C(Nc1ccccc1)C(=O)C1=CCc2ccccc21.O=C=O. The van der Waals surface area contributed by atoms with E-state index in [9.17, 15) is 9.59 Å². The summed E-state index contributed by atoms with van der Waals surface area (Å²) < 4.78 is 0. The highest BCUT2D eigenvalue weighted by Crippen LogP contribution is 2.27. The van der Waals surface area contributed by atoms with Crippen LogP contribution in [0.15, 0.2) is 60.7 Å². The average molecular weight is 307 g/mol. The Kier molecular flexibility index (Phi) is 5.34. The molecule has 0 saturated carbocycles. The standard InChI is InChI=1S/C17H13NO2.CO2/c19-16(17(20)18-13-7-2-1-3-8-13)15-11-10-12-6-4-5-9-14(12)15;2-1-3/h1-9,11H,10H2,(H,18,20);. The molecule has 0 atom stereocenters. The van der Waals surface area contributed by atoms with Gasteiger partial charge in [-0.25, -0.2) is 0 Å². The van der Waals surface area contributed by atoms with Crippen LogP contribution in [0.5, 0.6) is 0 Å². The van der Waals surface area contributed by atoms with Gasteiger partial charge in [-0.15, -0.1) is 0 Å². The van der Waals surface area contributed by atoms with Crippen molar-refractivity contribution in [2.45, 2.75) is 6.42 Å². The number of fused-ring (bicyclic) bond motifs is 1. The smallest absolute Gasteiger partial charge is 0.319 e. The Hall–Kier alpha value is -3.30. The number of nitrogens with one attached hydrogen (secondary N) is 1. The molecular formula is C18H13NO4. The first-order chi connectivity index (χ1) is 11.2. The number of hydrogen-bond donors (Lipinski definition) is 1. The molecule has 0 saturated heterocycles. The van der Waals surface area contributed by atoms with Gasteiger partial charge in [0.25, 0.3) is 11.7 Å². The lowest BCUT2D eigenvalue weighted by Crippen LogP contribution is -2.23. The van der Waals surface area contributed by atoms with Gasteiger partial charge in [0.15, 0.2) is 0 Å². The largest absolute Gasteiger partial charge is 0.373 e. The van der Waals surface area contributed by atoms with Crippen LogP contribution in [0.1, 0.15) is 11.1 Å². The second kappa shape index (κ2) is 7.64. The first-order valence-corrected chi connectivity index (χ1v) is 6.86. The molecule has 1 aliphatic carbocycles. The molecule has 0 heterocycles. The highest BCUT2D eigenvalue weighted by molar-refractivity contribution is 6.56. The number of carbonyl (C=O) groups is 2. The Bertz CT molecular complexity index is 788. The summed E-state index contributed by atoms with van der Waals surface area (Å²) in [4.78, 5) is 40.5. The van der Waals surface area contributed by atoms with E-state index in [-0.39, 0.29) is 6.15 Å². The second-order valence-electron chi connectivity index (χ2n) is 4.71. The maximum absolute atomic E-state index is 12.2. The van der Waals surface area contributed by atoms with E-state index < -0.39 is 11.7 Å². The van der Waals surface area contributed by atoms with Crippen molar-refractivity contribution >= 4 is 29.1 Å². The third kappa shape index (κ3) is 3.87. The van der Waals surface area contributed by atoms with Crippen molar-refractivity contribution in [3.63, 3.8) is 0 Å². The Labute approximate surface area is 132 Å². The van der Waals surface area contributed by atoms with Crippen LogP contribution < -0.4 is 5.32 Å². The van der Waals surface area contributed by atoms with Gasteiger partial charge in [-0.05, 0) is 29.7 Å². The number of ketones is 1. The molecule has 23 heavy (non-hydrogen) atoms. The highest BCUT2D eigenvalue weighted by atomic mass is 16.2. The Morgan fingerprint density at radius 2 is 1.52 bits per heavy atom. The lowest BCUT2D eigenvalue weighted by Gasteiger charge is -2.06. The van der Waals surface area contributed by atoms with Crippen LogP contribution in [0.2, 0.25) is 0 Å². The monoisotopic (exact) mass is 307 g/mol. The maximum Gasteiger partial charge on any atom is 0.373 e. The Morgan fingerprint density at radius 3 is 2.22 bits per heavy atom. The highest BCUT2D eigenvalue weighted by Gasteiger charge is 2.25. The van der Waals surface area contributed by atoms with E-state index in [0.29, 0.717) is 17.7 Å². The van der Waals surface area contributed by atoms with Crippen LogP contribution in [-0.2, 0) is 25.6 Å². The van der Waals surface area contributed by atoms with Crippen molar-refractivity contribution in [1.82, 2.24) is 0 Å². The molecule has 0 unspecified atom stereocenters. The van der Waals surface area contributed by atoms with Crippen molar-refractivity contribution < 1.29 is 19.2 Å². The minimum Gasteiger partial charge on any atom is -0.319 e. The fourth-order valence-electron chi connectivity index (χ4n) is 2.33. The molecule has 0 aromatic heterocycles. The van der Waals surface area contributed by atoms with E-state index >= 15 is 0 Å². The zero-order chi connectivity index (χ0) is 16.7. The van der Waals surface area contributed by atoms with Gasteiger partial charge in [0.2, 0.25) is 0 Å². The van der Waals surface area contributed by atoms with Crippen molar-refractivity contribution in [3.8, 4) is 0 Å². The van der Waals surface area contributed by atoms with E-state index in [1.54, 1.807) is 12.1 Å². The molecule has 0 spiro atoms. The van der Waals surface area contributed by atoms with Crippen LogP contribution in [-0.4, -0.2) is 17.8 Å². The van der Waals surface area contributed by atoms with Crippen LogP contribution in [0.4, 0.5) is 5.69 Å². The van der Waals surface area contributed by atoms with Gasteiger partial charge in [0, 0.05) is 11.3 Å². The molecule has 5 nitrogen and oxygen atoms in total. The first-order valence-electron chi connectivity index (χ1n) is 6.86. The summed E-state index contributed by atoms with van der Waals surface area (Å²) in [5, 5.41) is 2.62. The minimum absolute atomic E-state index is 0.250. The molecule has 114 valence electrons. The van der Waals surface area contributed by atoms with Gasteiger partial charge in [-0.1, -0.05) is 48.5 Å². The predicted molar refractivity (Wildman–Crippen MR) is 83.2 cm³/mol. The summed E-state index contributed by atoms with van der Waals surface area (Å²) in [7, 11) is 0. The summed E-state index contributed by atoms with van der Waals surface area (Å²) in [5.74, 6) is -1.09. The quantitative estimate of drug-likeness (QED) is 0.882. The summed E-state index contributed by atoms with van der Waals surface area (Å²) in [6.07, 6.45) is 2.77. The molecule has 1 N–H and O–H groups in total. The zero-order valence-electron chi connectivity index (χ0n) is 12.1. The Balaban J connectivity index is 0.000000595. The fourth-order valence-corrected chi connectivity index (χ4v) is 2.33. The molecule has 0 bridgehead atoms. The lowest BCUT2D eigenvalue weighted by molar-refractivity contribution is -0.191.